The molecule has 0 aliphatic carbocycles. The van der Waals surface area contributed by atoms with Gasteiger partial charge in [-0.1, -0.05) is 304 Å². The molecule has 0 aliphatic heterocycles. The van der Waals surface area contributed by atoms with Gasteiger partial charge in [0.2, 0.25) is 0 Å². The molecule has 1 atom stereocenters. The van der Waals surface area contributed by atoms with Crippen LogP contribution in [0.2, 0.25) is 0 Å². The van der Waals surface area contributed by atoms with Crippen LogP contribution in [-0.4, -0.2) is 37.2 Å². The van der Waals surface area contributed by atoms with Gasteiger partial charge in [-0.2, -0.15) is 0 Å². The van der Waals surface area contributed by atoms with Crippen molar-refractivity contribution >= 4 is 17.9 Å². The average molecular weight is 1100 g/mol. The van der Waals surface area contributed by atoms with Crippen molar-refractivity contribution in [3.63, 3.8) is 0 Å². The van der Waals surface area contributed by atoms with Gasteiger partial charge in [0.25, 0.3) is 0 Å². The van der Waals surface area contributed by atoms with Gasteiger partial charge in [-0.25, -0.2) is 0 Å². The molecule has 454 valence electrons. The minimum atomic E-state index is -0.788. The van der Waals surface area contributed by atoms with Gasteiger partial charge in [0.1, 0.15) is 13.2 Å². The van der Waals surface area contributed by atoms with Crippen LogP contribution < -0.4 is 0 Å². The maximum Gasteiger partial charge on any atom is 0.306 e. The van der Waals surface area contributed by atoms with E-state index in [1.54, 1.807) is 0 Å². The Morgan fingerprint density at radius 3 is 0.772 bits per heavy atom. The Bertz CT molecular complexity index is 1540. The average Bonchev–Trinajstić information content (AvgIpc) is 3.45. The molecule has 0 aromatic rings. The van der Waals surface area contributed by atoms with Crippen molar-refractivity contribution in [1.82, 2.24) is 0 Å². The van der Waals surface area contributed by atoms with E-state index in [-0.39, 0.29) is 31.1 Å². The summed E-state index contributed by atoms with van der Waals surface area (Å²) in [6.45, 7) is 6.54. The minimum absolute atomic E-state index is 0.0816. The van der Waals surface area contributed by atoms with Crippen molar-refractivity contribution in [2.45, 2.75) is 335 Å². The molecule has 0 aliphatic rings. The molecule has 6 heteroatoms. The zero-order chi connectivity index (χ0) is 57.1. The smallest absolute Gasteiger partial charge is 0.306 e. The summed E-state index contributed by atoms with van der Waals surface area (Å²) >= 11 is 0. The molecule has 0 radical (unpaired) electrons. The molecule has 0 amide bonds. The third-order valence-corrected chi connectivity index (χ3v) is 14.6. The van der Waals surface area contributed by atoms with Gasteiger partial charge in [0.05, 0.1) is 0 Å². The highest BCUT2D eigenvalue weighted by atomic mass is 16.6. The molecule has 0 heterocycles. The molecule has 0 saturated carbocycles. The first-order valence-corrected chi connectivity index (χ1v) is 33.7. The van der Waals surface area contributed by atoms with Crippen LogP contribution in [0.3, 0.4) is 0 Å². The number of allylic oxidation sites excluding steroid dienone is 16. The topological polar surface area (TPSA) is 78.9 Å². The first kappa shape index (κ1) is 75.3. The standard InChI is InChI=1S/C73H126O6/c1-4-7-10-13-16-19-22-25-28-30-32-34-36-38-40-42-45-48-51-54-57-60-63-66-72(75)78-69-70(68-77-71(74)65-62-59-56-53-50-47-44-27-24-21-18-15-12-9-6-3)79-73(76)67-64-61-58-55-52-49-46-43-41-39-37-35-33-31-29-26-23-20-17-14-11-8-5-2/h7,10,16,19,23,25-26,28,31-34,37-40,70H,4-6,8-9,11-15,17-18,20-22,24,27,29-30,35-36,41-69H2,1-3H3/b10-7-,19-16-,26-23-,28-25-,33-31-,34-32-,39-37-,40-38-. The zero-order valence-corrected chi connectivity index (χ0v) is 52.1. The van der Waals surface area contributed by atoms with E-state index in [9.17, 15) is 14.4 Å². The lowest BCUT2D eigenvalue weighted by Gasteiger charge is -2.18. The van der Waals surface area contributed by atoms with E-state index in [0.717, 1.165) is 116 Å². The van der Waals surface area contributed by atoms with Crippen molar-refractivity contribution in [2.24, 2.45) is 0 Å². The summed E-state index contributed by atoms with van der Waals surface area (Å²) < 4.78 is 17.0. The van der Waals surface area contributed by atoms with Crippen molar-refractivity contribution in [1.29, 1.82) is 0 Å². The number of hydrogen-bond acceptors (Lipinski definition) is 6. The molecule has 6 nitrogen and oxygen atoms in total. The van der Waals surface area contributed by atoms with Crippen LogP contribution in [0.5, 0.6) is 0 Å². The van der Waals surface area contributed by atoms with Gasteiger partial charge >= 0.3 is 17.9 Å². The molecule has 0 aromatic heterocycles. The molecule has 0 spiro atoms. The highest BCUT2D eigenvalue weighted by Crippen LogP contribution is 2.17. The molecule has 0 aromatic carbocycles. The lowest BCUT2D eigenvalue weighted by molar-refractivity contribution is -0.167. The summed E-state index contributed by atoms with van der Waals surface area (Å²) in [6.07, 6.45) is 89.8. The van der Waals surface area contributed by atoms with Crippen LogP contribution in [0.15, 0.2) is 97.2 Å². The second-order valence-electron chi connectivity index (χ2n) is 22.4. The van der Waals surface area contributed by atoms with Gasteiger partial charge in [-0.3, -0.25) is 14.4 Å². The molecule has 0 rings (SSSR count). The number of ether oxygens (including phenoxy) is 3. The van der Waals surface area contributed by atoms with E-state index < -0.39 is 6.10 Å². The highest BCUT2D eigenvalue weighted by molar-refractivity contribution is 5.71. The maximum absolute atomic E-state index is 12.9. The lowest BCUT2D eigenvalue weighted by Crippen LogP contribution is -2.30. The maximum atomic E-state index is 12.9. The number of carbonyl (C=O) groups is 3. The first-order valence-electron chi connectivity index (χ1n) is 33.7. The van der Waals surface area contributed by atoms with E-state index in [4.69, 9.17) is 14.2 Å². The van der Waals surface area contributed by atoms with E-state index in [0.29, 0.717) is 19.3 Å². The zero-order valence-electron chi connectivity index (χ0n) is 52.1. The summed E-state index contributed by atoms with van der Waals surface area (Å²) in [6, 6.07) is 0. The van der Waals surface area contributed by atoms with Crippen LogP contribution in [0, 0.1) is 0 Å². The largest absolute Gasteiger partial charge is 0.462 e. The summed E-state index contributed by atoms with van der Waals surface area (Å²) in [5.74, 6) is -0.886. The molecule has 0 N–H and O–H groups in total. The summed E-state index contributed by atoms with van der Waals surface area (Å²) in [7, 11) is 0. The summed E-state index contributed by atoms with van der Waals surface area (Å²) in [4.78, 5) is 38.4. The van der Waals surface area contributed by atoms with Crippen LogP contribution in [0.1, 0.15) is 329 Å². The predicted molar refractivity (Wildman–Crippen MR) is 344 cm³/mol. The van der Waals surface area contributed by atoms with Crippen molar-refractivity contribution in [3.8, 4) is 0 Å². The van der Waals surface area contributed by atoms with E-state index >= 15 is 0 Å². The number of hydrogen-bond donors (Lipinski definition) is 0. The lowest BCUT2D eigenvalue weighted by atomic mass is 10.0. The monoisotopic (exact) mass is 1100 g/mol. The van der Waals surface area contributed by atoms with Gasteiger partial charge in [0.15, 0.2) is 6.10 Å². The van der Waals surface area contributed by atoms with Gasteiger partial charge in [-0.15, -0.1) is 0 Å². The Balaban J connectivity index is 4.39. The molecular formula is C73H126O6. The predicted octanol–water partition coefficient (Wildman–Crippen LogP) is 23.2. The quantitative estimate of drug-likeness (QED) is 0.0261. The van der Waals surface area contributed by atoms with Crippen LogP contribution in [0.4, 0.5) is 0 Å². The number of rotatable bonds is 61. The Morgan fingerprint density at radius 1 is 0.266 bits per heavy atom. The van der Waals surface area contributed by atoms with E-state index in [1.807, 2.05) is 0 Å². The SMILES string of the molecule is CC/C=C\C/C=C\C/C=C\C/C=C\C/C=C\CCCCCCCCCC(=O)OCC(COC(=O)CCCCCCCCCCCCCCCCC)OC(=O)CCCCCCCCCC/C=C\C/C=C\C/C=C\CCCCCCC. The minimum Gasteiger partial charge on any atom is -0.462 e. The van der Waals surface area contributed by atoms with E-state index in [2.05, 4.69) is 118 Å². The third kappa shape index (κ3) is 65.0. The summed E-state index contributed by atoms with van der Waals surface area (Å²) in [5.41, 5.74) is 0. The molecule has 0 fully saturated rings. The Kier molecular flexibility index (Phi) is 63.7. The fourth-order valence-electron chi connectivity index (χ4n) is 9.54. The number of esters is 3. The first-order chi connectivity index (χ1) is 39.0. The number of unbranched alkanes of at least 4 members (excludes halogenated alkanes) is 34. The van der Waals surface area contributed by atoms with Crippen molar-refractivity contribution < 1.29 is 28.6 Å². The van der Waals surface area contributed by atoms with Crippen molar-refractivity contribution in [2.75, 3.05) is 13.2 Å². The fourth-order valence-corrected chi connectivity index (χ4v) is 9.54. The molecule has 1 unspecified atom stereocenters. The van der Waals surface area contributed by atoms with Crippen LogP contribution in [0.25, 0.3) is 0 Å². The number of carbonyl (C=O) groups excluding carboxylic acids is 3. The fraction of sp³-hybridized carbons (Fsp3) is 0.740. The Labute approximate surface area is 489 Å². The Hall–Kier alpha value is -3.67. The summed E-state index contributed by atoms with van der Waals surface area (Å²) in [5, 5.41) is 0. The van der Waals surface area contributed by atoms with E-state index in [1.165, 1.54) is 173 Å². The second-order valence-corrected chi connectivity index (χ2v) is 22.4. The van der Waals surface area contributed by atoms with Crippen LogP contribution >= 0.6 is 0 Å². The second kappa shape index (κ2) is 66.8. The molecular weight excluding hydrogens is 973 g/mol. The molecule has 79 heavy (non-hydrogen) atoms. The van der Waals surface area contributed by atoms with Gasteiger partial charge in [-0.05, 0) is 103 Å². The third-order valence-electron chi connectivity index (χ3n) is 14.6. The van der Waals surface area contributed by atoms with Crippen molar-refractivity contribution in [3.05, 3.63) is 97.2 Å². The highest BCUT2D eigenvalue weighted by Gasteiger charge is 2.19. The normalized spacial score (nSPS) is 12.7. The molecule has 0 bridgehead atoms. The van der Waals surface area contributed by atoms with Gasteiger partial charge in [0, 0.05) is 19.3 Å². The van der Waals surface area contributed by atoms with Crippen LogP contribution in [-0.2, 0) is 28.6 Å². The Morgan fingerprint density at radius 2 is 0.494 bits per heavy atom. The van der Waals surface area contributed by atoms with Gasteiger partial charge < -0.3 is 14.2 Å². The molecule has 0 saturated heterocycles.